The van der Waals surface area contributed by atoms with E-state index in [1.165, 1.54) is 0 Å². The lowest BCUT2D eigenvalue weighted by Crippen LogP contribution is -1.76. The van der Waals surface area contributed by atoms with Crippen LogP contribution in [-0.4, -0.2) is 15.1 Å². The van der Waals surface area contributed by atoms with Crippen LogP contribution in [0.3, 0.4) is 0 Å². The van der Waals surface area contributed by atoms with Crippen molar-refractivity contribution < 1.29 is 7.85 Å². The molecule has 3 nitrogen and oxygen atoms in total. The number of hydrogen-bond donors (Lipinski definition) is 1. The first-order valence-electron chi connectivity index (χ1n) is 2.81. The van der Waals surface area contributed by atoms with Crippen molar-refractivity contribution >= 4 is 11.6 Å². The second-order valence-corrected chi connectivity index (χ2v) is 1.40. The number of hydrogen-bond acceptors (Lipinski definition) is 3. The van der Waals surface area contributed by atoms with Gasteiger partial charge in [-0.15, -0.1) is 0 Å². The van der Waals surface area contributed by atoms with Crippen molar-refractivity contribution in [2.24, 2.45) is 0 Å². The molecule has 1 heterocycles. The summed E-state index contributed by atoms with van der Waals surface area (Å²) in [7, 11) is 0. The fourth-order valence-electron chi connectivity index (χ4n) is 0.248. The van der Waals surface area contributed by atoms with Crippen LogP contribution in [0.5, 0.6) is 5.75 Å². The van der Waals surface area contributed by atoms with Crippen molar-refractivity contribution in [3.63, 3.8) is 0 Å². The van der Waals surface area contributed by atoms with E-state index in [-0.39, 0.29) is 5.28 Å². The summed E-state index contributed by atoms with van der Waals surface area (Å²) >= 11 is 5.25. The van der Waals surface area contributed by atoms with Crippen LogP contribution in [0.15, 0.2) is 12.3 Å². The maximum Gasteiger partial charge on any atom is 0.222 e. The first-order valence-corrected chi connectivity index (χ1v) is 2.18. The highest BCUT2D eigenvalue weighted by Gasteiger charge is 1.87. The standard InChI is InChI=1S/C4H3ClN2O/c5-4-6-1-3(8)2-7-4/h1-2,8H/i1D,2D. The first kappa shape index (κ1) is 3.25. The van der Waals surface area contributed by atoms with Gasteiger partial charge in [0.15, 0.2) is 5.75 Å². The minimum atomic E-state index is -0.551. The van der Waals surface area contributed by atoms with E-state index in [0.29, 0.717) is 0 Å². The number of aromatic nitrogens is 2. The van der Waals surface area contributed by atoms with E-state index in [2.05, 4.69) is 9.97 Å². The van der Waals surface area contributed by atoms with Crippen molar-refractivity contribution in [3.05, 3.63) is 17.6 Å². The van der Waals surface area contributed by atoms with Crippen LogP contribution in [0, 0.1) is 0 Å². The van der Waals surface area contributed by atoms with Crippen molar-refractivity contribution in [2.75, 3.05) is 0 Å². The normalized spacial score (nSPS) is 12.6. The SMILES string of the molecule is [2H]c1nc(Cl)nc([2H])c1O. The average Bonchev–Trinajstić information content (AvgIpc) is 1.82. The highest BCUT2D eigenvalue weighted by Crippen LogP contribution is 2.04. The molecule has 0 fully saturated rings. The fourth-order valence-corrected chi connectivity index (χ4v) is 0.333. The number of halogens is 1. The Hall–Kier alpha value is -0.830. The molecule has 0 bridgehead atoms. The second kappa shape index (κ2) is 1.96. The van der Waals surface area contributed by atoms with Crippen LogP contribution in [0.2, 0.25) is 5.28 Å². The molecular formula is C4H3ClN2O. The largest absolute Gasteiger partial charge is 0.505 e. The van der Waals surface area contributed by atoms with Gasteiger partial charge in [0.1, 0.15) is 0 Å². The zero-order valence-corrected chi connectivity index (χ0v) is 4.48. The third-order valence-corrected chi connectivity index (χ3v) is 0.677. The molecule has 0 saturated carbocycles. The highest BCUT2D eigenvalue weighted by atomic mass is 35.5. The molecule has 1 N–H and O–H groups in total. The average molecular weight is 133 g/mol. The first-order chi connectivity index (χ1) is 4.61. The number of aromatic hydroxyl groups is 1. The molecule has 0 radical (unpaired) electrons. The van der Waals surface area contributed by atoms with Gasteiger partial charge in [-0.05, 0) is 11.6 Å². The lowest BCUT2D eigenvalue weighted by molar-refractivity contribution is 0.469. The zero-order valence-electron chi connectivity index (χ0n) is 5.72. The molecular weight excluding hydrogens is 128 g/mol. The van der Waals surface area contributed by atoms with E-state index in [4.69, 9.17) is 19.4 Å². The molecule has 42 valence electrons. The molecule has 0 aromatic carbocycles. The van der Waals surface area contributed by atoms with E-state index < -0.39 is 18.1 Å². The Balaban J connectivity index is 3.31. The van der Waals surface area contributed by atoms with Crippen molar-refractivity contribution in [3.8, 4) is 5.75 Å². The molecule has 8 heavy (non-hydrogen) atoms. The Morgan fingerprint density at radius 2 is 2.12 bits per heavy atom. The molecule has 0 unspecified atom stereocenters. The molecule has 0 aliphatic rings. The van der Waals surface area contributed by atoms with Crippen LogP contribution in [0.25, 0.3) is 0 Å². The summed E-state index contributed by atoms with van der Waals surface area (Å²) in [6, 6.07) is 0. The molecule has 1 aromatic heterocycles. The van der Waals surface area contributed by atoms with Gasteiger partial charge in [0, 0.05) is 0 Å². The Labute approximate surface area is 53.8 Å². The van der Waals surface area contributed by atoms with Gasteiger partial charge in [0.2, 0.25) is 5.28 Å². The van der Waals surface area contributed by atoms with Crippen molar-refractivity contribution in [1.29, 1.82) is 0 Å². The summed E-state index contributed by atoms with van der Waals surface area (Å²) in [5, 5.41) is 8.57. The lowest BCUT2D eigenvalue weighted by Gasteiger charge is -1.85. The van der Waals surface area contributed by atoms with Gasteiger partial charge in [-0.2, -0.15) is 0 Å². The molecule has 0 atom stereocenters. The van der Waals surface area contributed by atoms with Gasteiger partial charge in [-0.1, -0.05) is 0 Å². The van der Waals surface area contributed by atoms with Gasteiger partial charge in [0.25, 0.3) is 0 Å². The second-order valence-electron chi connectivity index (χ2n) is 1.06. The van der Waals surface area contributed by atoms with E-state index >= 15 is 0 Å². The minimum Gasteiger partial charge on any atom is -0.505 e. The Morgan fingerprint density at radius 3 is 2.62 bits per heavy atom. The van der Waals surface area contributed by atoms with E-state index in [1.807, 2.05) is 0 Å². The Morgan fingerprint density at radius 1 is 1.62 bits per heavy atom. The van der Waals surface area contributed by atoms with Crippen LogP contribution >= 0.6 is 11.6 Å². The quantitative estimate of drug-likeness (QED) is 0.532. The molecule has 4 heteroatoms. The molecule has 0 spiro atoms. The third-order valence-electron chi connectivity index (χ3n) is 0.508. The number of nitrogens with zero attached hydrogens (tertiary/aromatic N) is 2. The van der Waals surface area contributed by atoms with E-state index in [0.717, 1.165) is 0 Å². The maximum absolute atomic E-state index is 8.77. The smallest absolute Gasteiger partial charge is 0.222 e. The zero-order chi connectivity index (χ0) is 7.72. The summed E-state index contributed by atoms with van der Waals surface area (Å²) < 4.78 is 13.8. The van der Waals surface area contributed by atoms with Gasteiger partial charge in [0.05, 0.1) is 15.1 Å². The van der Waals surface area contributed by atoms with Crippen molar-refractivity contribution in [1.82, 2.24) is 9.97 Å². The van der Waals surface area contributed by atoms with Crippen molar-refractivity contribution in [2.45, 2.75) is 0 Å². The molecule has 0 aliphatic heterocycles. The van der Waals surface area contributed by atoms with Crippen LogP contribution in [-0.2, 0) is 0 Å². The topological polar surface area (TPSA) is 46.0 Å². The van der Waals surface area contributed by atoms with Gasteiger partial charge in [-0.25, -0.2) is 9.97 Å². The minimum absolute atomic E-state index is 0.201. The van der Waals surface area contributed by atoms with Crippen LogP contribution in [0.4, 0.5) is 0 Å². The summed E-state index contributed by atoms with van der Waals surface area (Å²) in [6.07, 6.45) is -0.852. The summed E-state index contributed by atoms with van der Waals surface area (Å²) in [6.45, 7) is 0. The van der Waals surface area contributed by atoms with Gasteiger partial charge in [-0.3, -0.25) is 0 Å². The summed E-state index contributed by atoms with van der Waals surface area (Å²) in [5.74, 6) is -0.551. The summed E-state index contributed by atoms with van der Waals surface area (Å²) in [4.78, 5) is 6.57. The summed E-state index contributed by atoms with van der Waals surface area (Å²) in [5.41, 5.74) is 0. The van der Waals surface area contributed by atoms with E-state index in [9.17, 15) is 0 Å². The molecule has 1 rings (SSSR count). The van der Waals surface area contributed by atoms with Crippen LogP contribution in [0.1, 0.15) is 2.74 Å². The fraction of sp³-hybridized carbons (Fsp3) is 0. The number of rotatable bonds is 0. The Bertz CT molecular complexity index is 244. The molecule has 1 aromatic rings. The molecule has 0 saturated heterocycles. The third kappa shape index (κ3) is 1.07. The lowest BCUT2D eigenvalue weighted by atomic mass is 10.6. The Kier molecular flexibility index (Phi) is 0.796. The molecule has 0 aliphatic carbocycles. The van der Waals surface area contributed by atoms with E-state index in [1.54, 1.807) is 0 Å². The maximum atomic E-state index is 8.77. The van der Waals surface area contributed by atoms with Crippen LogP contribution < -0.4 is 0 Å². The molecule has 0 amide bonds. The van der Waals surface area contributed by atoms with Gasteiger partial charge < -0.3 is 5.11 Å². The monoisotopic (exact) mass is 132 g/mol. The highest BCUT2D eigenvalue weighted by molar-refractivity contribution is 6.28. The predicted octanol–water partition coefficient (Wildman–Crippen LogP) is 0.836. The predicted molar refractivity (Wildman–Crippen MR) is 28.7 cm³/mol. The van der Waals surface area contributed by atoms with Gasteiger partial charge >= 0.3 is 0 Å².